The summed E-state index contributed by atoms with van der Waals surface area (Å²) in [6.45, 7) is 3.49. The maximum absolute atomic E-state index is 5.77. The molecule has 1 aromatic rings. The number of ether oxygens (including phenoxy) is 2. The zero-order valence-electron chi connectivity index (χ0n) is 8.07. The third-order valence-electron chi connectivity index (χ3n) is 2.31. The normalized spacial score (nSPS) is 22.0. The summed E-state index contributed by atoms with van der Waals surface area (Å²) in [7, 11) is 0. The van der Waals surface area contributed by atoms with Crippen LogP contribution in [0.4, 0.5) is 0 Å². The van der Waals surface area contributed by atoms with Crippen LogP contribution in [0.25, 0.3) is 0 Å². The molecule has 2 rings (SSSR count). The average molecular weight is 213 g/mol. The largest absolute Gasteiger partial charge is 0.371 e. The van der Waals surface area contributed by atoms with Crippen LogP contribution in [0.1, 0.15) is 12.5 Å². The van der Waals surface area contributed by atoms with Gasteiger partial charge in [0.25, 0.3) is 0 Å². The number of hydrogen-bond donors (Lipinski definition) is 0. The van der Waals surface area contributed by atoms with Crippen LogP contribution in [0.2, 0.25) is 5.02 Å². The molecule has 1 saturated heterocycles. The second kappa shape index (κ2) is 4.30. The highest BCUT2D eigenvalue weighted by Crippen LogP contribution is 2.18. The van der Waals surface area contributed by atoms with E-state index in [9.17, 15) is 0 Å². The molecule has 2 nitrogen and oxygen atoms in total. The molecule has 14 heavy (non-hydrogen) atoms. The van der Waals surface area contributed by atoms with E-state index in [-0.39, 0.29) is 6.10 Å². The van der Waals surface area contributed by atoms with Crippen LogP contribution in [0, 0.1) is 0 Å². The van der Waals surface area contributed by atoms with Gasteiger partial charge in [-0.2, -0.15) is 0 Å². The highest BCUT2D eigenvalue weighted by molar-refractivity contribution is 6.30. The quantitative estimate of drug-likeness (QED) is 0.716. The second-order valence-corrected chi connectivity index (χ2v) is 3.95. The third-order valence-corrected chi connectivity index (χ3v) is 2.56. The number of hydrogen-bond acceptors (Lipinski definition) is 2. The smallest absolute Gasteiger partial charge is 0.107 e. The molecule has 1 heterocycles. The van der Waals surface area contributed by atoms with E-state index in [4.69, 9.17) is 21.1 Å². The summed E-state index contributed by atoms with van der Waals surface area (Å²) in [6.07, 6.45) is 0.493. The number of rotatable bonds is 4. The zero-order valence-corrected chi connectivity index (χ0v) is 8.83. The molecule has 0 aromatic heterocycles. The van der Waals surface area contributed by atoms with Crippen LogP contribution >= 0.6 is 11.6 Å². The van der Waals surface area contributed by atoms with Crippen molar-refractivity contribution in [1.29, 1.82) is 0 Å². The topological polar surface area (TPSA) is 21.8 Å². The van der Waals surface area contributed by atoms with E-state index in [1.54, 1.807) is 0 Å². The fourth-order valence-corrected chi connectivity index (χ4v) is 1.37. The molecule has 1 aromatic carbocycles. The number of benzene rings is 1. The predicted molar refractivity (Wildman–Crippen MR) is 55.4 cm³/mol. The van der Waals surface area contributed by atoms with Crippen molar-refractivity contribution in [2.45, 2.75) is 25.7 Å². The van der Waals surface area contributed by atoms with Crippen molar-refractivity contribution >= 4 is 11.6 Å². The lowest BCUT2D eigenvalue weighted by atomic mass is 10.2. The highest BCUT2D eigenvalue weighted by atomic mass is 35.5. The van der Waals surface area contributed by atoms with Crippen molar-refractivity contribution in [3.05, 3.63) is 34.9 Å². The molecule has 0 aliphatic carbocycles. The van der Waals surface area contributed by atoms with Crippen molar-refractivity contribution in [2.75, 3.05) is 6.61 Å². The standard InChI is InChI=1S/C11H13ClO2/c1-8(11-7-14-11)13-6-9-2-4-10(12)5-3-9/h2-5,8,11H,6-7H2,1H3/t8-,11-/m1/s1. The van der Waals surface area contributed by atoms with Crippen LogP contribution < -0.4 is 0 Å². The molecule has 1 aliphatic heterocycles. The molecule has 0 radical (unpaired) electrons. The minimum atomic E-state index is 0.186. The van der Waals surface area contributed by atoms with Gasteiger partial charge in [-0.15, -0.1) is 0 Å². The molecule has 1 aliphatic rings. The van der Waals surface area contributed by atoms with Gasteiger partial charge < -0.3 is 9.47 Å². The Hall–Kier alpha value is -0.570. The van der Waals surface area contributed by atoms with Gasteiger partial charge in [0.05, 0.1) is 19.3 Å². The lowest BCUT2D eigenvalue weighted by molar-refractivity contribution is 0.0340. The minimum Gasteiger partial charge on any atom is -0.371 e. The minimum absolute atomic E-state index is 0.186. The first-order chi connectivity index (χ1) is 6.75. The van der Waals surface area contributed by atoms with E-state index in [1.165, 1.54) is 0 Å². The Bertz CT molecular complexity index is 293. The van der Waals surface area contributed by atoms with Crippen molar-refractivity contribution < 1.29 is 9.47 Å². The van der Waals surface area contributed by atoms with E-state index in [2.05, 4.69) is 0 Å². The first-order valence-corrected chi connectivity index (χ1v) is 5.11. The molecule has 76 valence electrons. The van der Waals surface area contributed by atoms with Crippen molar-refractivity contribution in [3.63, 3.8) is 0 Å². The van der Waals surface area contributed by atoms with Crippen LogP contribution in [0.5, 0.6) is 0 Å². The molecular formula is C11H13ClO2. The Labute approximate surface area is 88.8 Å². The van der Waals surface area contributed by atoms with Crippen LogP contribution in [-0.2, 0) is 16.1 Å². The van der Waals surface area contributed by atoms with E-state index >= 15 is 0 Å². The second-order valence-electron chi connectivity index (χ2n) is 3.51. The molecule has 0 amide bonds. The monoisotopic (exact) mass is 212 g/mol. The van der Waals surface area contributed by atoms with Gasteiger partial charge in [0.15, 0.2) is 0 Å². The Morgan fingerprint density at radius 1 is 1.50 bits per heavy atom. The fraction of sp³-hybridized carbons (Fsp3) is 0.455. The summed E-state index contributed by atoms with van der Waals surface area (Å²) in [6, 6.07) is 7.70. The van der Waals surface area contributed by atoms with Crippen LogP contribution in [-0.4, -0.2) is 18.8 Å². The van der Waals surface area contributed by atoms with Crippen molar-refractivity contribution in [1.82, 2.24) is 0 Å². The summed E-state index contributed by atoms with van der Waals surface area (Å²) >= 11 is 5.77. The maximum Gasteiger partial charge on any atom is 0.107 e. The van der Waals surface area contributed by atoms with Gasteiger partial charge in [0.1, 0.15) is 6.10 Å². The van der Waals surface area contributed by atoms with E-state index < -0.39 is 0 Å². The van der Waals surface area contributed by atoms with E-state index in [0.29, 0.717) is 12.7 Å². The van der Waals surface area contributed by atoms with Gasteiger partial charge in [0.2, 0.25) is 0 Å². The summed E-state index contributed by atoms with van der Waals surface area (Å²) in [5.41, 5.74) is 1.14. The number of epoxide rings is 1. The Morgan fingerprint density at radius 3 is 2.71 bits per heavy atom. The van der Waals surface area contributed by atoms with Crippen molar-refractivity contribution in [2.24, 2.45) is 0 Å². The molecule has 0 spiro atoms. The van der Waals surface area contributed by atoms with Gasteiger partial charge in [-0.1, -0.05) is 23.7 Å². The first-order valence-electron chi connectivity index (χ1n) is 4.73. The summed E-state index contributed by atoms with van der Waals surface area (Å²) in [4.78, 5) is 0. The fourth-order valence-electron chi connectivity index (χ4n) is 1.24. The molecule has 2 atom stereocenters. The first kappa shape index (κ1) is 9.97. The summed E-state index contributed by atoms with van der Waals surface area (Å²) < 4.78 is 10.8. The maximum atomic E-state index is 5.77. The van der Waals surface area contributed by atoms with Crippen LogP contribution in [0.15, 0.2) is 24.3 Å². The van der Waals surface area contributed by atoms with Gasteiger partial charge in [0, 0.05) is 5.02 Å². The average Bonchev–Trinajstić information content (AvgIpc) is 3.00. The molecular weight excluding hydrogens is 200 g/mol. The summed E-state index contributed by atoms with van der Waals surface area (Å²) in [5, 5.41) is 0.757. The number of halogens is 1. The lowest BCUT2D eigenvalue weighted by Gasteiger charge is -2.09. The highest BCUT2D eigenvalue weighted by Gasteiger charge is 2.29. The Balaban J connectivity index is 1.82. The molecule has 0 saturated carbocycles. The van der Waals surface area contributed by atoms with Crippen molar-refractivity contribution in [3.8, 4) is 0 Å². The lowest BCUT2D eigenvalue weighted by Crippen LogP contribution is -2.14. The van der Waals surface area contributed by atoms with Gasteiger partial charge in [-0.3, -0.25) is 0 Å². The molecule has 1 fully saturated rings. The SMILES string of the molecule is C[C@@H](OCc1ccc(Cl)cc1)[C@H]1CO1. The molecule has 3 heteroatoms. The van der Waals surface area contributed by atoms with Gasteiger partial charge >= 0.3 is 0 Å². The Morgan fingerprint density at radius 2 is 2.14 bits per heavy atom. The molecule has 0 bridgehead atoms. The van der Waals surface area contributed by atoms with Gasteiger partial charge in [-0.05, 0) is 24.6 Å². The van der Waals surface area contributed by atoms with E-state index in [1.807, 2.05) is 31.2 Å². The molecule has 0 N–H and O–H groups in total. The van der Waals surface area contributed by atoms with Gasteiger partial charge in [-0.25, -0.2) is 0 Å². The zero-order chi connectivity index (χ0) is 9.97. The predicted octanol–water partition coefficient (Wildman–Crippen LogP) is 2.64. The summed E-state index contributed by atoms with van der Waals surface area (Å²) in [5.74, 6) is 0. The Kier molecular flexibility index (Phi) is 3.06. The van der Waals surface area contributed by atoms with E-state index in [0.717, 1.165) is 17.2 Å². The third kappa shape index (κ3) is 2.71. The molecule has 0 unspecified atom stereocenters. The van der Waals surface area contributed by atoms with Crippen LogP contribution in [0.3, 0.4) is 0 Å².